The van der Waals surface area contributed by atoms with E-state index in [0.29, 0.717) is 24.1 Å². The van der Waals surface area contributed by atoms with E-state index in [1.165, 1.54) is 0 Å². The number of anilines is 1. The maximum atomic E-state index is 5.60. The van der Waals surface area contributed by atoms with Gasteiger partial charge in [-0.05, 0) is 52.7 Å². The molecule has 0 bridgehead atoms. The monoisotopic (exact) mass is 388 g/mol. The number of imidazole rings is 1. The molecule has 0 aliphatic rings. The number of hydrogen-bond acceptors (Lipinski definition) is 5. The highest BCUT2D eigenvalue weighted by molar-refractivity contribution is 9.10. The summed E-state index contributed by atoms with van der Waals surface area (Å²) in [5.41, 5.74) is 5.62. The largest absolute Gasteiger partial charge is 0.492 e. The third kappa shape index (κ3) is 3.51. The van der Waals surface area contributed by atoms with Crippen molar-refractivity contribution in [3.8, 4) is 11.5 Å². The molecule has 0 unspecified atom stereocenters. The highest BCUT2D eigenvalue weighted by Crippen LogP contribution is 2.36. The standard InChI is InChI=1S/C17H17BrN4O2/c1-3-24-15-9-11(8-12(18)16(15)23-2)10-19-22-17-20-13-6-4-5-7-14(13)21-17/h4-10H,3H2,1-2H3,(H2,20,21,22)/b19-10-. The van der Waals surface area contributed by atoms with E-state index in [4.69, 9.17) is 9.47 Å². The van der Waals surface area contributed by atoms with Gasteiger partial charge < -0.3 is 14.5 Å². The van der Waals surface area contributed by atoms with E-state index in [-0.39, 0.29) is 0 Å². The molecule has 1 heterocycles. The summed E-state index contributed by atoms with van der Waals surface area (Å²) in [4.78, 5) is 7.55. The Labute approximate surface area is 148 Å². The molecule has 3 rings (SSSR count). The van der Waals surface area contributed by atoms with Crippen molar-refractivity contribution in [3.05, 3.63) is 46.4 Å². The zero-order valence-corrected chi connectivity index (χ0v) is 14.9. The van der Waals surface area contributed by atoms with Crippen LogP contribution in [-0.4, -0.2) is 29.9 Å². The number of H-pyrrole nitrogens is 1. The molecule has 124 valence electrons. The Balaban J connectivity index is 1.78. The zero-order valence-electron chi connectivity index (χ0n) is 13.3. The van der Waals surface area contributed by atoms with E-state index >= 15 is 0 Å². The number of ether oxygens (including phenoxy) is 2. The van der Waals surface area contributed by atoms with E-state index in [9.17, 15) is 0 Å². The summed E-state index contributed by atoms with van der Waals surface area (Å²) in [6.45, 7) is 2.48. The van der Waals surface area contributed by atoms with Gasteiger partial charge >= 0.3 is 0 Å². The normalized spacial score (nSPS) is 11.1. The first-order valence-electron chi connectivity index (χ1n) is 7.45. The van der Waals surface area contributed by atoms with Gasteiger partial charge in [0.1, 0.15) is 0 Å². The molecule has 7 heteroatoms. The van der Waals surface area contributed by atoms with Crippen LogP contribution < -0.4 is 14.9 Å². The second-order valence-electron chi connectivity index (χ2n) is 4.94. The lowest BCUT2D eigenvalue weighted by molar-refractivity contribution is 0.310. The lowest BCUT2D eigenvalue weighted by Gasteiger charge is -2.11. The van der Waals surface area contributed by atoms with Crippen LogP contribution in [0.2, 0.25) is 0 Å². The molecule has 2 aromatic carbocycles. The van der Waals surface area contributed by atoms with Gasteiger partial charge in [-0.15, -0.1) is 0 Å². The van der Waals surface area contributed by atoms with Crippen LogP contribution in [0.4, 0.5) is 5.95 Å². The molecule has 0 aliphatic carbocycles. The number of halogens is 1. The van der Waals surface area contributed by atoms with Gasteiger partial charge in [0, 0.05) is 0 Å². The lowest BCUT2D eigenvalue weighted by atomic mass is 10.2. The number of hydrogen-bond donors (Lipinski definition) is 2. The molecule has 0 atom stereocenters. The van der Waals surface area contributed by atoms with E-state index < -0.39 is 0 Å². The van der Waals surface area contributed by atoms with Crippen LogP contribution in [0.5, 0.6) is 11.5 Å². The number of rotatable bonds is 6. The number of nitrogens with zero attached hydrogens (tertiary/aromatic N) is 2. The van der Waals surface area contributed by atoms with Crippen molar-refractivity contribution >= 4 is 39.1 Å². The highest BCUT2D eigenvalue weighted by Gasteiger charge is 2.10. The van der Waals surface area contributed by atoms with Crippen molar-refractivity contribution in [2.75, 3.05) is 19.1 Å². The van der Waals surface area contributed by atoms with Gasteiger partial charge in [0.2, 0.25) is 5.95 Å². The average Bonchev–Trinajstić information content (AvgIpc) is 2.98. The third-order valence-electron chi connectivity index (χ3n) is 3.31. The van der Waals surface area contributed by atoms with Crippen molar-refractivity contribution < 1.29 is 9.47 Å². The number of benzene rings is 2. The van der Waals surface area contributed by atoms with Crippen LogP contribution in [0.25, 0.3) is 11.0 Å². The maximum Gasteiger partial charge on any atom is 0.222 e. The molecule has 0 saturated carbocycles. The Morgan fingerprint density at radius 1 is 1.33 bits per heavy atom. The summed E-state index contributed by atoms with van der Waals surface area (Å²) >= 11 is 3.48. The minimum atomic E-state index is 0.556. The fourth-order valence-electron chi connectivity index (χ4n) is 2.30. The van der Waals surface area contributed by atoms with Gasteiger partial charge in [-0.3, -0.25) is 0 Å². The molecule has 2 N–H and O–H groups in total. The molecule has 3 aromatic rings. The van der Waals surface area contributed by atoms with Crippen molar-refractivity contribution in [2.24, 2.45) is 5.10 Å². The topological polar surface area (TPSA) is 71.5 Å². The zero-order chi connectivity index (χ0) is 16.9. The van der Waals surface area contributed by atoms with Gasteiger partial charge in [0.25, 0.3) is 0 Å². The Morgan fingerprint density at radius 2 is 2.17 bits per heavy atom. The predicted octanol–water partition coefficient (Wildman–Crippen LogP) is 4.18. The summed E-state index contributed by atoms with van der Waals surface area (Å²) in [6, 6.07) is 11.6. The smallest absolute Gasteiger partial charge is 0.222 e. The Morgan fingerprint density at radius 3 is 2.92 bits per heavy atom. The maximum absolute atomic E-state index is 5.60. The molecule has 0 spiro atoms. The Kier molecular flexibility index (Phi) is 5.00. The number of fused-ring (bicyclic) bond motifs is 1. The van der Waals surface area contributed by atoms with Crippen molar-refractivity contribution in [2.45, 2.75) is 6.92 Å². The van der Waals surface area contributed by atoms with Crippen LogP contribution in [0.15, 0.2) is 46.0 Å². The number of nitrogens with one attached hydrogen (secondary N) is 2. The van der Waals surface area contributed by atoms with E-state index in [1.54, 1.807) is 13.3 Å². The summed E-state index contributed by atoms with van der Waals surface area (Å²) < 4.78 is 11.7. The van der Waals surface area contributed by atoms with E-state index in [0.717, 1.165) is 21.1 Å². The van der Waals surface area contributed by atoms with Crippen LogP contribution in [0.3, 0.4) is 0 Å². The fourth-order valence-corrected chi connectivity index (χ4v) is 2.92. The van der Waals surface area contributed by atoms with Crippen LogP contribution >= 0.6 is 15.9 Å². The number of hydrazone groups is 1. The first kappa shape index (κ1) is 16.3. The van der Waals surface area contributed by atoms with Crippen LogP contribution in [0, 0.1) is 0 Å². The molecule has 24 heavy (non-hydrogen) atoms. The molecule has 0 radical (unpaired) electrons. The van der Waals surface area contributed by atoms with E-state index in [2.05, 4.69) is 36.4 Å². The number of aromatic nitrogens is 2. The molecule has 1 aromatic heterocycles. The van der Waals surface area contributed by atoms with Crippen molar-refractivity contribution in [3.63, 3.8) is 0 Å². The Bertz CT molecular complexity index is 843. The Hall–Kier alpha value is -2.54. The highest BCUT2D eigenvalue weighted by atomic mass is 79.9. The predicted molar refractivity (Wildman–Crippen MR) is 99.2 cm³/mol. The molecule has 6 nitrogen and oxygen atoms in total. The first-order chi connectivity index (χ1) is 11.7. The van der Waals surface area contributed by atoms with Gasteiger partial charge in [-0.2, -0.15) is 5.10 Å². The van der Waals surface area contributed by atoms with Crippen molar-refractivity contribution in [1.82, 2.24) is 9.97 Å². The van der Waals surface area contributed by atoms with Gasteiger partial charge in [0.05, 0.1) is 35.4 Å². The summed E-state index contributed by atoms with van der Waals surface area (Å²) in [5.74, 6) is 1.92. The average molecular weight is 389 g/mol. The second kappa shape index (κ2) is 7.35. The summed E-state index contributed by atoms with van der Waals surface area (Å²) in [5, 5.41) is 4.22. The van der Waals surface area contributed by atoms with Gasteiger partial charge in [-0.1, -0.05) is 12.1 Å². The molecular weight excluding hydrogens is 372 g/mol. The number of methoxy groups -OCH3 is 1. The quantitative estimate of drug-likeness (QED) is 0.490. The lowest BCUT2D eigenvalue weighted by Crippen LogP contribution is -1.98. The molecular formula is C17H17BrN4O2. The van der Waals surface area contributed by atoms with Crippen LogP contribution in [-0.2, 0) is 0 Å². The number of aromatic amines is 1. The minimum Gasteiger partial charge on any atom is -0.492 e. The fraction of sp³-hybridized carbons (Fsp3) is 0.176. The summed E-state index contributed by atoms with van der Waals surface area (Å²) in [6.07, 6.45) is 1.69. The van der Waals surface area contributed by atoms with Crippen molar-refractivity contribution in [1.29, 1.82) is 0 Å². The molecule has 0 amide bonds. The van der Waals surface area contributed by atoms with Crippen LogP contribution in [0.1, 0.15) is 12.5 Å². The molecule has 0 aliphatic heterocycles. The molecule has 0 saturated heterocycles. The van der Waals surface area contributed by atoms with Gasteiger partial charge in [-0.25, -0.2) is 10.4 Å². The molecule has 0 fully saturated rings. The van der Waals surface area contributed by atoms with E-state index in [1.807, 2.05) is 43.3 Å². The minimum absolute atomic E-state index is 0.556. The second-order valence-corrected chi connectivity index (χ2v) is 5.79. The third-order valence-corrected chi connectivity index (χ3v) is 3.90. The summed E-state index contributed by atoms with van der Waals surface area (Å²) in [7, 11) is 1.61. The number of para-hydroxylation sites is 2. The SMILES string of the molecule is CCOc1cc(/C=N\Nc2nc3ccccc3[nH]2)cc(Br)c1OC. The van der Waals surface area contributed by atoms with Gasteiger partial charge in [0.15, 0.2) is 11.5 Å². The first-order valence-corrected chi connectivity index (χ1v) is 8.24.